The van der Waals surface area contributed by atoms with Crippen molar-refractivity contribution in [2.45, 2.75) is 79.0 Å². The summed E-state index contributed by atoms with van der Waals surface area (Å²) in [6, 6.07) is 4.82. The zero-order chi connectivity index (χ0) is 31.2. The zero-order valence-electron chi connectivity index (χ0n) is 26.9. The maximum absolute atomic E-state index is 14.4. The molecule has 0 saturated carbocycles. The fourth-order valence-electron chi connectivity index (χ4n) is 6.41. The van der Waals surface area contributed by atoms with E-state index in [9.17, 15) is 14.0 Å². The van der Waals surface area contributed by atoms with Gasteiger partial charge >= 0.3 is 6.09 Å². The van der Waals surface area contributed by atoms with Crippen molar-refractivity contribution in [1.29, 1.82) is 0 Å². The number of benzene rings is 1. The van der Waals surface area contributed by atoms with Crippen molar-refractivity contribution in [3.63, 3.8) is 0 Å². The Balaban J connectivity index is 1.34. The number of hydrogen-bond donors (Lipinski definition) is 0. The maximum atomic E-state index is 14.4. The van der Waals surface area contributed by atoms with Crippen LogP contribution in [-0.4, -0.2) is 87.2 Å². The van der Waals surface area contributed by atoms with Gasteiger partial charge in [0, 0.05) is 62.5 Å². The van der Waals surface area contributed by atoms with Crippen LogP contribution in [0.3, 0.4) is 0 Å². The standard InChI is InChI=1S/C34H46FN5O3/c1-21(2)37(8)32(41)28-14-27(35)9-10-29(28)40-20-25(31-22(3)15-36-16-30(31)40)13-24-11-12-38(17-24)23(4)26-18-39(19-26)33(42)43-34(5,6)7/h9-10,14-16,20-21,23-24,26H,11-13,17-19H2,1-8H3/t23-,24+/m1/s1. The minimum Gasteiger partial charge on any atom is -0.444 e. The lowest BCUT2D eigenvalue weighted by Gasteiger charge is -2.45. The Morgan fingerprint density at radius 1 is 1.14 bits per heavy atom. The van der Waals surface area contributed by atoms with E-state index in [1.165, 1.54) is 17.7 Å². The van der Waals surface area contributed by atoms with Crippen LogP contribution in [-0.2, 0) is 11.2 Å². The van der Waals surface area contributed by atoms with Gasteiger partial charge in [0.25, 0.3) is 5.91 Å². The fraction of sp³-hybridized carbons (Fsp3) is 0.559. The smallest absolute Gasteiger partial charge is 0.410 e. The van der Waals surface area contributed by atoms with E-state index in [0.717, 1.165) is 55.5 Å². The Morgan fingerprint density at radius 2 is 1.86 bits per heavy atom. The predicted octanol–water partition coefficient (Wildman–Crippen LogP) is 6.07. The number of amides is 2. The molecule has 0 bridgehead atoms. The third-order valence-electron chi connectivity index (χ3n) is 9.17. The summed E-state index contributed by atoms with van der Waals surface area (Å²) in [6.45, 7) is 17.4. The number of fused-ring (bicyclic) bond motifs is 1. The summed E-state index contributed by atoms with van der Waals surface area (Å²) < 4.78 is 22.0. The van der Waals surface area contributed by atoms with Gasteiger partial charge in [-0.15, -0.1) is 0 Å². The molecule has 5 rings (SSSR count). The number of nitrogens with zero attached hydrogens (tertiary/aromatic N) is 5. The Bertz CT molecular complexity index is 1500. The van der Waals surface area contributed by atoms with Crippen molar-refractivity contribution in [3.8, 4) is 5.69 Å². The number of halogens is 1. The van der Waals surface area contributed by atoms with E-state index in [0.29, 0.717) is 29.1 Å². The fourth-order valence-corrected chi connectivity index (χ4v) is 6.41. The molecule has 4 heterocycles. The number of likely N-dealkylation sites (tertiary alicyclic amines) is 2. The van der Waals surface area contributed by atoms with Crippen molar-refractivity contribution >= 4 is 22.9 Å². The summed E-state index contributed by atoms with van der Waals surface area (Å²) in [5, 5.41) is 1.15. The predicted molar refractivity (Wildman–Crippen MR) is 167 cm³/mol. The van der Waals surface area contributed by atoms with Gasteiger partial charge in [-0.3, -0.25) is 14.7 Å². The number of rotatable bonds is 7. The summed E-state index contributed by atoms with van der Waals surface area (Å²) in [5.74, 6) is 0.281. The van der Waals surface area contributed by atoms with Crippen molar-refractivity contribution in [1.82, 2.24) is 24.3 Å². The van der Waals surface area contributed by atoms with Gasteiger partial charge < -0.3 is 19.1 Å². The first-order chi connectivity index (χ1) is 20.2. The van der Waals surface area contributed by atoms with E-state index >= 15 is 0 Å². The average Bonchev–Trinajstić information content (AvgIpc) is 3.51. The number of hydrogen-bond acceptors (Lipinski definition) is 5. The van der Waals surface area contributed by atoms with Crippen LogP contribution in [0.2, 0.25) is 0 Å². The third-order valence-corrected chi connectivity index (χ3v) is 9.17. The molecular weight excluding hydrogens is 545 g/mol. The van der Waals surface area contributed by atoms with Gasteiger partial charge in [-0.25, -0.2) is 9.18 Å². The Labute approximate surface area is 254 Å². The molecule has 2 aliphatic heterocycles. The van der Waals surface area contributed by atoms with E-state index in [2.05, 4.69) is 29.9 Å². The lowest BCUT2D eigenvalue weighted by molar-refractivity contribution is -0.0154. The molecule has 2 saturated heterocycles. The van der Waals surface area contributed by atoms with Gasteiger partial charge in [0.05, 0.1) is 23.0 Å². The minimum atomic E-state index is -0.480. The quantitative estimate of drug-likeness (QED) is 0.334. The highest BCUT2D eigenvalue weighted by molar-refractivity contribution is 5.99. The summed E-state index contributed by atoms with van der Waals surface area (Å²) in [6.07, 6.45) is 7.63. The Kier molecular flexibility index (Phi) is 8.58. The molecule has 3 aromatic rings. The number of carbonyl (C=O) groups excluding carboxylic acids is 2. The highest BCUT2D eigenvalue weighted by Gasteiger charge is 2.40. The second-order valence-electron chi connectivity index (χ2n) is 13.8. The number of aryl methyl sites for hydroxylation is 1. The van der Waals surface area contributed by atoms with Gasteiger partial charge in [-0.2, -0.15) is 0 Å². The first-order valence-corrected chi connectivity index (χ1v) is 15.5. The van der Waals surface area contributed by atoms with Crippen LogP contribution in [0.5, 0.6) is 0 Å². The highest BCUT2D eigenvalue weighted by Crippen LogP contribution is 2.34. The first kappa shape index (κ1) is 31.0. The SMILES string of the molecule is Cc1cncc2c1c(C[C@@H]1CCN([C@H](C)C3CN(C(=O)OC(C)(C)C)C3)C1)cn2-c1ccc(F)cc1C(=O)N(C)C(C)C. The Hall–Kier alpha value is -3.46. The van der Waals surface area contributed by atoms with Gasteiger partial charge in [-0.1, -0.05) is 0 Å². The van der Waals surface area contributed by atoms with Crippen molar-refractivity contribution in [3.05, 3.63) is 59.3 Å². The second-order valence-corrected chi connectivity index (χ2v) is 13.8. The monoisotopic (exact) mass is 591 g/mol. The van der Waals surface area contributed by atoms with Crippen molar-refractivity contribution < 1.29 is 18.7 Å². The van der Waals surface area contributed by atoms with Crippen molar-refractivity contribution in [2.24, 2.45) is 11.8 Å². The molecule has 0 aliphatic carbocycles. The van der Waals surface area contributed by atoms with E-state index in [1.807, 2.05) is 51.6 Å². The van der Waals surface area contributed by atoms with Crippen LogP contribution in [0.1, 0.15) is 69.4 Å². The molecule has 0 N–H and O–H groups in total. The van der Waals surface area contributed by atoms with Gasteiger partial charge in [0.15, 0.2) is 0 Å². The number of aromatic nitrogens is 2. The van der Waals surface area contributed by atoms with E-state index in [-0.39, 0.29) is 18.0 Å². The largest absolute Gasteiger partial charge is 0.444 e. The molecule has 43 heavy (non-hydrogen) atoms. The summed E-state index contributed by atoms with van der Waals surface area (Å²) >= 11 is 0. The molecule has 2 fully saturated rings. The molecule has 9 heteroatoms. The summed E-state index contributed by atoms with van der Waals surface area (Å²) in [7, 11) is 1.75. The van der Waals surface area contributed by atoms with Crippen molar-refractivity contribution in [2.75, 3.05) is 33.2 Å². The van der Waals surface area contributed by atoms with Gasteiger partial charge in [0.2, 0.25) is 0 Å². The zero-order valence-corrected chi connectivity index (χ0v) is 26.9. The number of carbonyl (C=O) groups is 2. The van der Waals surface area contributed by atoms with E-state index < -0.39 is 11.4 Å². The molecule has 0 spiro atoms. The molecular formula is C34H46FN5O3. The molecule has 0 unspecified atom stereocenters. The Morgan fingerprint density at radius 3 is 2.53 bits per heavy atom. The molecule has 8 nitrogen and oxygen atoms in total. The average molecular weight is 592 g/mol. The molecule has 1 aromatic carbocycles. The second kappa shape index (κ2) is 11.9. The topological polar surface area (TPSA) is 70.9 Å². The summed E-state index contributed by atoms with van der Waals surface area (Å²) in [4.78, 5) is 36.3. The number of pyridine rings is 1. The first-order valence-electron chi connectivity index (χ1n) is 15.5. The van der Waals surface area contributed by atoms with Gasteiger partial charge in [0.1, 0.15) is 11.4 Å². The molecule has 232 valence electrons. The maximum Gasteiger partial charge on any atom is 0.410 e. The van der Waals surface area contributed by atoms with Crippen LogP contribution in [0.15, 0.2) is 36.8 Å². The van der Waals surface area contributed by atoms with Crippen LogP contribution in [0.4, 0.5) is 9.18 Å². The molecule has 2 aromatic heterocycles. The lowest BCUT2D eigenvalue weighted by atomic mass is 9.92. The van der Waals surface area contributed by atoms with Crippen LogP contribution < -0.4 is 0 Å². The lowest BCUT2D eigenvalue weighted by Crippen LogP contribution is -2.58. The molecule has 2 aliphatic rings. The van der Waals surface area contributed by atoms with Crippen LogP contribution in [0, 0.1) is 24.6 Å². The number of ether oxygens (including phenoxy) is 1. The molecule has 2 amide bonds. The normalized spacial score (nSPS) is 18.7. The van der Waals surface area contributed by atoms with Crippen LogP contribution >= 0.6 is 0 Å². The van der Waals surface area contributed by atoms with Gasteiger partial charge in [-0.05, 0) is 103 Å². The summed E-state index contributed by atoms with van der Waals surface area (Å²) in [5.41, 5.74) is 3.73. The van der Waals surface area contributed by atoms with E-state index in [1.54, 1.807) is 22.9 Å². The third kappa shape index (κ3) is 6.42. The minimum absolute atomic E-state index is 0.0162. The molecule has 0 radical (unpaired) electrons. The van der Waals surface area contributed by atoms with E-state index in [4.69, 9.17) is 4.74 Å². The molecule has 2 atom stereocenters. The highest BCUT2D eigenvalue weighted by atomic mass is 19.1. The van der Waals surface area contributed by atoms with Crippen LogP contribution in [0.25, 0.3) is 16.6 Å².